The molecule has 6 rings (SSSR count). The highest BCUT2D eigenvalue weighted by atomic mass is 16.2. The molecule has 6 heteroatoms. The molecule has 1 aromatic rings. The second-order valence-corrected chi connectivity index (χ2v) is 10.6. The van der Waals surface area contributed by atoms with Gasteiger partial charge in [-0.15, -0.1) is 0 Å². The first-order valence-electron chi connectivity index (χ1n) is 12.7. The predicted molar refractivity (Wildman–Crippen MR) is 125 cm³/mol. The lowest BCUT2D eigenvalue weighted by molar-refractivity contribution is -0.128. The van der Waals surface area contributed by atoms with Crippen LogP contribution in [0.2, 0.25) is 0 Å². The largest absolute Gasteiger partial charge is 0.353 e. The average Bonchev–Trinajstić information content (AvgIpc) is 3.20. The van der Waals surface area contributed by atoms with Crippen LogP contribution in [0.1, 0.15) is 56.9 Å². The van der Waals surface area contributed by atoms with Crippen LogP contribution in [-0.2, 0) is 15.0 Å². The van der Waals surface area contributed by atoms with Crippen LogP contribution in [-0.4, -0.2) is 73.0 Å². The van der Waals surface area contributed by atoms with Crippen LogP contribution in [0, 0.1) is 5.92 Å². The Hall–Kier alpha value is -1.92. The number of fused-ring (bicyclic) bond motifs is 1. The highest BCUT2D eigenvalue weighted by Crippen LogP contribution is 2.43. The van der Waals surface area contributed by atoms with Crippen LogP contribution in [0.25, 0.3) is 0 Å². The van der Waals surface area contributed by atoms with Gasteiger partial charge in [0.25, 0.3) is 0 Å². The van der Waals surface area contributed by atoms with Crippen molar-refractivity contribution >= 4 is 11.8 Å². The molecule has 4 saturated heterocycles. The van der Waals surface area contributed by atoms with Gasteiger partial charge in [0.1, 0.15) is 0 Å². The minimum absolute atomic E-state index is 0.0254. The zero-order valence-electron chi connectivity index (χ0n) is 19.2. The number of benzene rings is 1. The normalized spacial score (nSPS) is 34.5. The number of amides is 2. The van der Waals surface area contributed by atoms with Gasteiger partial charge < -0.3 is 20.4 Å². The minimum Gasteiger partial charge on any atom is -0.353 e. The van der Waals surface area contributed by atoms with E-state index in [9.17, 15) is 9.59 Å². The van der Waals surface area contributed by atoms with Crippen molar-refractivity contribution in [3.63, 3.8) is 0 Å². The Morgan fingerprint density at radius 3 is 2.06 bits per heavy atom. The highest BCUT2D eigenvalue weighted by Gasteiger charge is 2.55. The molecule has 4 heterocycles. The van der Waals surface area contributed by atoms with Gasteiger partial charge in [-0.3, -0.25) is 9.59 Å². The number of hydrogen-bond donors (Lipinski definition) is 2. The van der Waals surface area contributed by atoms with Crippen molar-refractivity contribution in [3.05, 3.63) is 35.9 Å². The van der Waals surface area contributed by atoms with Crippen molar-refractivity contribution < 1.29 is 9.59 Å². The topological polar surface area (TPSA) is 64.7 Å². The van der Waals surface area contributed by atoms with E-state index in [0.29, 0.717) is 12.0 Å². The summed E-state index contributed by atoms with van der Waals surface area (Å²) in [5.74, 6) is 0.491. The highest BCUT2D eigenvalue weighted by molar-refractivity contribution is 5.84. The maximum Gasteiger partial charge on any atom is 0.220 e. The van der Waals surface area contributed by atoms with E-state index in [0.717, 1.165) is 52.1 Å². The van der Waals surface area contributed by atoms with E-state index >= 15 is 0 Å². The minimum atomic E-state index is -0.0722. The monoisotopic (exact) mass is 438 g/mol. The van der Waals surface area contributed by atoms with Crippen LogP contribution in [0.4, 0.5) is 0 Å². The third kappa shape index (κ3) is 4.58. The molecule has 6 nitrogen and oxygen atoms in total. The number of nitrogens with one attached hydrogen (secondary N) is 2. The predicted octanol–water partition coefficient (Wildman–Crippen LogP) is 2.29. The summed E-state index contributed by atoms with van der Waals surface area (Å²) in [4.78, 5) is 30.7. The number of nitrogens with zero attached hydrogens (tertiary/aromatic N) is 2. The van der Waals surface area contributed by atoms with Gasteiger partial charge in [-0.1, -0.05) is 56.0 Å². The molecule has 0 radical (unpaired) electrons. The molecule has 0 aromatic heterocycles. The lowest BCUT2D eigenvalue weighted by Gasteiger charge is -2.55. The molecule has 4 aliphatic heterocycles. The molecule has 5 fully saturated rings. The van der Waals surface area contributed by atoms with E-state index < -0.39 is 0 Å². The number of piperidine rings is 2. The lowest BCUT2D eigenvalue weighted by atomic mass is 9.64. The maximum atomic E-state index is 13.0. The molecule has 0 spiro atoms. The zero-order valence-corrected chi connectivity index (χ0v) is 19.2. The van der Waals surface area contributed by atoms with Crippen molar-refractivity contribution in [1.82, 2.24) is 20.4 Å². The van der Waals surface area contributed by atoms with E-state index in [1.165, 1.54) is 31.2 Å². The van der Waals surface area contributed by atoms with Crippen LogP contribution < -0.4 is 10.6 Å². The molecule has 5 aliphatic rings. The third-order valence-corrected chi connectivity index (χ3v) is 8.26. The lowest BCUT2D eigenvalue weighted by Crippen LogP contribution is -2.70. The van der Waals surface area contributed by atoms with E-state index in [4.69, 9.17) is 0 Å². The van der Waals surface area contributed by atoms with Crippen molar-refractivity contribution in [2.24, 2.45) is 5.92 Å². The molecule has 2 N–H and O–H groups in total. The Morgan fingerprint density at radius 2 is 1.44 bits per heavy atom. The number of hydrogen-bond acceptors (Lipinski definition) is 4. The maximum absolute atomic E-state index is 13.0. The summed E-state index contributed by atoms with van der Waals surface area (Å²) in [5.41, 5.74) is 1.26. The molecule has 3 atom stereocenters. The Morgan fingerprint density at radius 1 is 0.844 bits per heavy atom. The summed E-state index contributed by atoms with van der Waals surface area (Å²) < 4.78 is 0. The van der Waals surface area contributed by atoms with E-state index in [1.807, 2.05) is 0 Å². The van der Waals surface area contributed by atoms with Gasteiger partial charge in [0, 0.05) is 75.5 Å². The molecular formula is C26H38N4O2. The number of carbonyl (C=O) groups excluding carboxylic acids is 2. The second kappa shape index (κ2) is 9.52. The summed E-state index contributed by atoms with van der Waals surface area (Å²) in [7, 11) is 0. The van der Waals surface area contributed by atoms with Crippen molar-refractivity contribution in [2.45, 2.75) is 68.9 Å². The Bertz CT molecular complexity index is 789. The SMILES string of the molecule is O=C(CCC(=O)N[C@@H]1C2CN3CCN(C2)CC1(c1ccccc1)C3)NC1CCCCCC1. The first kappa shape index (κ1) is 21.9. The van der Waals surface area contributed by atoms with Crippen LogP contribution in [0.5, 0.6) is 0 Å². The molecule has 1 aromatic carbocycles. The molecule has 2 amide bonds. The zero-order chi connectivity index (χ0) is 22.0. The van der Waals surface area contributed by atoms with Gasteiger partial charge in [-0.05, 0) is 18.4 Å². The molecule has 174 valence electrons. The standard InChI is InChI=1S/C26H38N4O2/c31-23(27-22-10-6-1-2-7-11-22)12-13-24(32)28-25-20-16-29-14-15-30(17-20)19-26(25,18-29)21-8-4-3-5-9-21/h3-5,8-9,20,22,25H,1-2,6-7,10-19H2,(H,27,31)(H,28,32)/t20?,25-,26?/m1/s1. The third-order valence-electron chi connectivity index (χ3n) is 8.26. The van der Waals surface area contributed by atoms with Crippen LogP contribution in [0.3, 0.4) is 0 Å². The van der Waals surface area contributed by atoms with Gasteiger partial charge in [-0.2, -0.15) is 0 Å². The summed E-state index contributed by atoms with van der Waals surface area (Å²) in [6.45, 7) is 6.34. The quantitative estimate of drug-likeness (QED) is 0.669. The smallest absolute Gasteiger partial charge is 0.220 e. The summed E-state index contributed by atoms with van der Waals surface area (Å²) in [5, 5.41) is 6.60. The molecule has 1 aliphatic carbocycles. The summed E-state index contributed by atoms with van der Waals surface area (Å²) in [6.07, 6.45) is 7.66. The Balaban J connectivity index is 1.23. The molecule has 1 saturated carbocycles. The van der Waals surface area contributed by atoms with Crippen molar-refractivity contribution in [2.75, 3.05) is 39.3 Å². The first-order valence-corrected chi connectivity index (χ1v) is 12.7. The molecule has 32 heavy (non-hydrogen) atoms. The first-order chi connectivity index (χ1) is 15.6. The average molecular weight is 439 g/mol. The van der Waals surface area contributed by atoms with Gasteiger partial charge in [0.2, 0.25) is 11.8 Å². The van der Waals surface area contributed by atoms with Gasteiger partial charge in [0.15, 0.2) is 0 Å². The van der Waals surface area contributed by atoms with E-state index in [-0.39, 0.29) is 36.1 Å². The van der Waals surface area contributed by atoms with Crippen molar-refractivity contribution in [3.8, 4) is 0 Å². The van der Waals surface area contributed by atoms with Gasteiger partial charge in [0.05, 0.1) is 0 Å². The fraction of sp³-hybridized carbons (Fsp3) is 0.692. The Labute approximate surface area is 192 Å². The fourth-order valence-electron chi connectivity index (χ4n) is 6.76. The van der Waals surface area contributed by atoms with Crippen LogP contribution >= 0.6 is 0 Å². The molecule has 4 bridgehead atoms. The van der Waals surface area contributed by atoms with Gasteiger partial charge >= 0.3 is 0 Å². The van der Waals surface area contributed by atoms with Crippen LogP contribution in [0.15, 0.2) is 30.3 Å². The second-order valence-electron chi connectivity index (χ2n) is 10.6. The van der Waals surface area contributed by atoms with E-state index in [1.54, 1.807) is 0 Å². The Kier molecular flexibility index (Phi) is 6.51. The fourth-order valence-corrected chi connectivity index (χ4v) is 6.76. The summed E-state index contributed by atoms with van der Waals surface area (Å²) in [6, 6.07) is 11.2. The number of carbonyl (C=O) groups is 2. The molecular weight excluding hydrogens is 400 g/mol. The summed E-state index contributed by atoms with van der Waals surface area (Å²) >= 11 is 0. The number of rotatable bonds is 6. The van der Waals surface area contributed by atoms with Crippen molar-refractivity contribution in [1.29, 1.82) is 0 Å². The van der Waals surface area contributed by atoms with E-state index in [2.05, 4.69) is 50.8 Å². The van der Waals surface area contributed by atoms with Gasteiger partial charge in [-0.25, -0.2) is 0 Å². The molecule has 2 unspecified atom stereocenters.